The molecule has 0 amide bonds. The summed E-state index contributed by atoms with van der Waals surface area (Å²) in [4.78, 5) is 5.19. The molecule has 3 aliphatic heterocycles. The summed E-state index contributed by atoms with van der Waals surface area (Å²) in [6, 6.07) is 68.8. The van der Waals surface area contributed by atoms with Gasteiger partial charge in [0.1, 0.15) is 0 Å². The molecule has 0 spiro atoms. The summed E-state index contributed by atoms with van der Waals surface area (Å²) < 4.78 is 0. The van der Waals surface area contributed by atoms with Crippen molar-refractivity contribution in [2.24, 2.45) is 5.41 Å². The third kappa shape index (κ3) is 6.66. The Morgan fingerprint density at radius 3 is 1.47 bits per heavy atom. The Kier molecular flexibility index (Phi) is 9.67. The van der Waals surface area contributed by atoms with E-state index in [1.165, 1.54) is 105 Å². The van der Waals surface area contributed by atoms with E-state index < -0.39 is 8.07 Å². The summed E-state index contributed by atoms with van der Waals surface area (Å²) in [5, 5.41) is 5.79. The first-order valence-corrected chi connectivity index (χ1v) is 26.0. The average Bonchev–Trinajstić information content (AvgIpc) is 3.58. The van der Waals surface area contributed by atoms with Crippen LogP contribution in [0.1, 0.15) is 84.6 Å². The number of anilines is 6. The van der Waals surface area contributed by atoms with Crippen LogP contribution in [-0.2, 0) is 17.3 Å². The van der Waals surface area contributed by atoms with E-state index in [0.717, 1.165) is 6.42 Å². The van der Waals surface area contributed by atoms with Crippen LogP contribution in [-0.4, -0.2) is 14.8 Å². The van der Waals surface area contributed by atoms with E-state index in [9.17, 15) is 0 Å². The molecule has 8 aromatic rings. The summed E-state index contributed by atoms with van der Waals surface area (Å²) in [5.41, 5.74) is 19.8. The van der Waals surface area contributed by atoms with Crippen molar-refractivity contribution in [2.45, 2.75) is 86.5 Å². The van der Waals surface area contributed by atoms with Gasteiger partial charge in [-0.3, -0.25) is 0 Å². The predicted molar refractivity (Wildman–Crippen MR) is 288 cm³/mol. The minimum atomic E-state index is -2.80. The minimum absolute atomic E-state index is 0.00275. The third-order valence-corrected chi connectivity index (χ3v) is 19.4. The Hall–Kier alpha value is -6.36. The molecule has 11 rings (SSSR count). The van der Waals surface area contributed by atoms with Gasteiger partial charge >= 0.3 is 0 Å². The summed E-state index contributed by atoms with van der Waals surface area (Å²) >= 11 is 0. The van der Waals surface area contributed by atoms with Crippen molar-refractivity contribution in [3.63, 3.8) is 0 Å². The fraction of sp³-hybridized carbons (Fsp3) is 0.226. The third-order valence-electron chi connectivity index (χ3n) is 14.6. The van der Waals surface area contributed by atoms with Crippen LogP contribution in [0.15, 0.2) is 176 Å². The van der Waals surface area contributed by atoms with E-state index in [0.29, 0.717) is 0 Å². The molecular weight excluding hydrogens is 812 g/mol. The molecule has 0 atom stereocenters. The van der Waals surface area contributed by atoms with E-state index in [2.05, 4.69) is 255 Å². The maximum absolute atomic E-state index is 2.80. The smallest absolute Gasteiger partial charge is 0.252 e. The molecule has 3 aliphatic rings. The van der Waals surface area contributed by atoms with Gasteiger partial charge in [0.25, 0.3) is 6.71 Å². The highest BCUT2D eigenvalue weighted by Gasteiger charge is 2.51. The molecule has 0 N–H and O–H groups in total. The number of benzene rings is 8. The lowest BCUT2D eigenvalue weighted by Crippen LogP contribution is -2.73. The van der Waals surface area contributed by atoms with Crippen LogP contribution in [0.4, 0.5) is 34.1 Å². The van der Waals surface area contributed by atoms with Gasteiger partial charge in [-0.2, -0.15) is 0 Å². The van der Waals surface area contributed by atoms with Crippen molar-refractivity contribution in [1.82, 2.24) is 0 Å². The van der Waals surface area contributed by atoms with Crippen LogP contribution in [0.25, 0.3) is 11.1 Å². The molecule has 4 heteroatoms. The molecular formula is C62H61BN2Si. The molecule has 8 aromatic carbocycles. The second-order valence-electron chi connectivity index (χ2n) is 22.5. The summed E-state index contributed by atoms with van der Waals surface area (Å²) in [6.45, 7) is 23.2. The predicted octanol–water partition coefficient (Wildman–Crippen LogP) is 11.6. The molecule has 3 heterocycles. The zero-order chi connectivity index (χ0) is 45.9. The summed E-state index contributed by atoms with van der Waals surface area (Å²) in [7, 11) is -2.80. The first kappa shape index (κ1) is 42.3. The quantitative estimate of drug-likeness (QED) is 0.159. The molecule has 0 bridgehead atoms. The Labute approximate surface area is 395 Å². The van der Waals surface area contributed by atoms with Gasteiger partial charge in [-0.25, -0.2) is 0 Å². The molecule has 2 nitrogen and oxygen atoms in total. The van der Waals surface area contributed by atoms with E-state index in [-0.39, 0.29) is 23.0 Å². The monoisotopic (exact) mass is 872 g/mol. The fourth-order valence-corrected chi connectivity index (χ4v) is 16.8. The number of aryl methyl sites for hydroxylation is 1. The molecule has 0 aromatic heterocycles. The maximum atomic E-state index is 2.71. The zero-order valence-corrected chi connectivity index (χ0v) is 41.4. The van der Waals surface area contributed by atoms with Crippen LogP contribution in [0, 0.1) is 12.3 Å². The van der Waals surface area contributed by atoms with Crippen LogP contribution < -0.4 is 46.9 Å². The number of hydrogen-bond acceptors (Lipinski definition) is 2. The van der Waals surface area contributed by atoms with Crippen molar-refractivity contribution in [3.8, 4) is 11.1 Å². The molecule has 326 valence electrons. The number of hydrogen-bond donors (Lipinski definition) is 0. The second-order valence-corrected chi connectivity index (χ2v) is 26.3. The van der Waals surface area contributed by atoms with E-state index in [4.69, 9.17) is 0 Å². The van der Waals surface area contributed by atoms with Gasteiger partial charge in [0, 0.05) is 34.1 Å². The highest BCUT2D eigenvalue weighted by atomic mass is 28.3. The largest absolute Gasteiger partial charge is 0.311 e. The number of rotatable bonds is 5. The molecule has 0 fully saturated rings. The molecule has 0 aliphatic carbocycles. The Bertz CT molecular complexity index is 3130. The van der Waals surface area contributed by atoms with Gasteiger partial charge < -0.3 is 9.80 Å². The molecule has 0 saturated heterocycles. The van der Waals surface area contributed by atoms with Crippen LogP contribution >= 0.6 is 0 Å². The van der Waals surface area contributed by atoms with Crippen molar-refractivity contribution in [1.29, 1.82) is 0 Å². The van der Waals surface area contributed by atoms with Gasteiger partial charge in [-0.1, -0.05) is 190 Å². The van der Waals surface area contributed by atoms with Gasteiger partial charge in [0.2, 0.25) is 0 Å². The van der Waals surface area contributed by atoms with E-state index >= 15 is 0 Å². The highest BCUT2D eigenvalue weighted by molar-refractivity contribution is 7.22. The number of fused-ring (bicyclic) bond motifs is 7. The standard InChI is InChI=1S/C62H61BN2Si/c1-41-35-55-59-56(36-41)65(46-32-28-44(29-33-46)62(8,9)10)54-38-50-49-23-17-18-24-57(49)66(47-19-13-11-14-20-47,48-21-15-12-16-22-48)58(50)39-52(54)63(59)51-37-42(40-60(2,3)4)25-34-53(51)64(55)45-30-26-43(27-31-45)61(5,6)7/h11-39H,40H2,1-10H3. The van der Waals surface area contributed by atoms with Gasteiger partial charge in [-0.05, 0) is 149 Å². The fourth-order valence-electron chi connectivity index (χ4n) is 11.6. The first-order valence-electron chi connectivity index (χ1n) is 24.0. The topological polar surface area (TPSA) is 6.48 Å². The highest BCUT2D eigenvalue weighted by Crippen LogP contribution is 2.46. The van der Waals surface area contributed by atoms with Crippen molar-refractivity contribution in [3.05, 3.63) is 198 Å². The second kappa shape index (κ2) is 15.1. The molecule has 0 radical (unpaired) electrons. The lowest BCUT2D eigenvalue weighted by Gasteiger charge is -2.45. The zero-order valence-electron chi connectivity index (χ0n) is 40.4. The Balaban J connectivity index is 1.26. The van der Waals surface area contributed by atoms with Crippen LogP contribution in [0.2, 0.25) is 0 Å². The van der Waals surface area contributed by atoms with Gasteiger partial charge in [-0.15, -0.1) is 0 Å². The van der Waals surface area contributed by atoms with Crippen LogP contribution in [0.5, 0.6) is 0 Å². The van der Waals surface area contributed by atoms with Crippen molar-refractivity contribution >= 4 is 86.0 Å². The average molecular weight is 873 g/mol. The Morgan fingerprint density at radius 2 is 0.939 bits per heavy atom. The number of nitrogens with zero attached hydrogens (tertiary/aromatic N) is 2. The molecule has 0 saturated carbocycles. The molecule has 66 heavy (non-hydrogen) atoms. The van der Waals surface area contributed by atoms with Gasteiger partial charge in [0.05, 0.1) is 0 Å². The minimum Gasteiger partial charge on any atom is -0.311 e. The van der Waals surface area contributed by atoms with Crippen molar-refractivity contribution < 1.29 is 0 Å². The first-order chi connectivity index (χ1) is 31.5. The molecule has 0 unspecified atom stereocenters. The van der Waals surface area contributed by atoms with E-state index in [1.54, 1.807) is 0 Å². The van der Waals surface area contributed by atoms with Crippen molar-refractivity contribution in [2.75, 3.05) is 9.80 Å². The SMILES string of the molecule is Cc1cc2c3c(c1)N(c1ccc(C(C)(C)C)cc1)c1cc4c(cc1B3c1cc(CC(C)(C)C)ccc1N2c1ccc(C(C)(C)C)cc1)[Si](c1ccccc1)(c1ccccc1)c1ccccc1-4. The summed E-state index contributed by atoms with van der Waals surface area (Å²) in [5.74, 6) is 0. The lowest BCUT2D eigenvalue weighted by atomic mass is 9.33. The summed E-state index contributed by atoms with van der Waals surface area (Å²) in [6.07, 6.45) is 0.998. The Morgan fingerprint density at radius 1 is 0.439 bits per heavy atom. The maximum Gasteiger partial charge on any atom is 0.252 e. The van der Waals surface area contributed by atoms with Gasteiger partial charge in [0.15, 0.2) is 8.07 Å². The lowest BCUT2D eigenvalue weighted by molar-refractivity contribution is 0.411. The van der Waals surface area contributed by atoms with E-state index in [1.807, 2.05) is 0 Å². The van der Waals surface area contributed by atoms with Crippen LogP contribution in [0.3, 0.4) is 0 Å². The normalized spacial score (nSPS) is 14.6.